The number of hydrogen-bond acceptors (Lipinski definition) is 3. The minimum absolute atomic E-state index is 0.214. The van der Waals surface area contributed by atoms with Crippen LogP contribution < -0.4 is 0 Å². The molecule has 0 saturated carbocycles. The molecule has 1 N–H and O–H groups in total. The SMILES string of the molecule is O=C(O)CCC1=NCCCS1. The van der Waals surface area contributed by atoms with Gasteiger partial charge in [0.05, 0.1) is 11.5 Å². The van der Waals surface area contributed by atoms with Crippen LogP contribution in [0.25, 0.3) is 0 Å². The maximum absolute atomic E-state index is 10.2. The van der Waals surface area contributed by atoms with Crippen molar-refractivity contribution >= 4 is 22.8 Å². The molecule has 0 amide bonds. The second-order valence-electron chi connectivity index (χ2n) is 2.37. The number of thioether (sulfide) groups is 1. The fraction of sp³-hybridized carbons (Fsp3) is 0.714. The lowest BCUT2D eigenvalue weighted by Crippen LogP contribution is -2.06. The molecule has 0 aromatic heterocycles. The Labute approximate surface area is 69.9 Å². The predicted molar refractivity (Wildman–Crippen MR) is 46.2 cm³/mol. The number of aliphatic carboxylic acids is 1. The van der Waals surface area contributed by atoms with E-state index in [0.29, 0.717) is 6.42 Å². The van der Waals surface area contributed by atoms with Gasteiger partial charge in [-0.1, -0.05) is 0 Å². The summed E-state index contributed by atoms with van der Waals surface area (Å²) in [6, 6.07) is 0. The summed E-state index contributed by atoms with van der Waals surface area (Å²) >= 11 is 1.69. The lowest BCUT2D eigenvalue weighted by atomic mass is 10.3. The van der Waals surface area contributed by atoms with Gasteiger partial charge >= 0.3 is 5.97 Å². The summed E-state index contributed by atoms with van der Waals surface area (Å²) in [4.78, 5) is 14.4. The van der Waals surface area contributed by atoms with E-state index < -0.39 is 5.97 Å². The quantitative estimate of drug-likeness (QED) is 0.701. The minimum atomic E-state index is -0.737. The molecule has 1 heterocycles. The van der Waals surface area contributed by atoms with E-state index >= 15 is 0 Å². The van der Waals surface area contributed by atoms with Crippen molar-refractivity contribution in [2.45, 2.75) is 19.3 Å². The van der Waals surface area contributed by atoms with Crippen LogP contribution in [0.2, 0.25) is 0 Å². The molecule has 0 radical (unpaired) electrons. The zero-order valence-electron chi connectivity index (χ0n) is 6.25. The van der Waals surface area contributed by atoms with Crippen LogP contribution in [0, 0.1) is 0 Å². The molecule has 62 valence electrons. The standard InChI is InChI=1S/C7H11NO2S/c9-7(10)3-2-6-8-4-1-5-11-6/h1-5H2,(H,9,10). The van der Waals surface area contributed by atoms with Gasteiger partial charge in [0.2, 0.25) is 0 Å². The lowest BCUT2D eigenvalue weighted by Gasteiger charge is -2.09. The highest BCUT2D eigenvalue weighted by molar-refractivity contribution is 8.14. The van der Waals surface area contributed by atoms with Crippen molar-refractivity contribution in [1.82, 2.24) is 0 Å². The highest BCUT2D eigenvalue weighted by atomic mass is 32.2. The molecule has 0 aromatic carbocycles. The van der Waals surface area contributed by atoms with Crippen LogP contribution in [0.1, 0.15) is 19.3 Å². The average Bonchev–Trinajstić information content (AvgIpc) is 2.03. The molecule has 1 rings (SSSR count). The Morgan fingerprint density at radius 2 is 2.55 bits per heavy atom. The van der Waals surface area contributed by atoms with Crippen molar-refractivity contribution in [3.05, 3.63) is 0 Å². The van der Waals surface area contributed by atoms with E-state index in [1.807, 2.05) is 0 Å². The second kappa shape index (κ2) is 4.38. The smallest absolute Gasteiger partial charge is 0.303 e. The molecule has 0 fully saturated rings. The Balaban J connectivity index is 2.24. The Hall–Kier alpha value is -0.510. The van der Waals surface area contributed by atoms with E-state index in [1.54, 1.807) is 11.8 Å². The van der Waals surface area contributed by atoms with E-state index in [9.17, 15) is 4.79 Å². The van der Waals surface area contributed by atoms with Gasteiger partial charge in [-0.3, -0.25) is 9.79 Å². The average molecular weight is 173 g/mol. The molecule has 0 bridgehead atoms. The van der Waals surface area contributed by atoms with Gasteiger partial charge in [-0.05, 0) is 6.42 Å². The topological polar surface area (TPSA) is 49.7 Å². The fourth-order valence-electron chi connectivity index (χ4n) is 0.869. The van der Waals surface area contributed by atoms with Crippen molar-refractivity contribution in [2.24, 2.45) is 4.99 Å². The Morgan fingerprint density at radius 3 is 3.09 bits per heavy atom. The van der Waals surface area contributed by atoms with Gasteiger partial charge in [0, 0.05) is 18.7 Å². The zero-order valence-corrected chi connectivity index (χ0v) is 7.06. The summed E-state index contributed by atoms with van der Waals surface area (Å²) in [7, 11) is 0. The Kier molecular flexibility index (Phi) is 3.42. The number of rotatable bonds is 3. The Bertz CT molecular complexity index is 179. The van der Waals surface area contributed by atoms with E-state index in [4.69, 9.17) is 5.11 Å². The van der Waals surface area contributed by atoms with Crippen LogP contribution in [-0.2, 0) is 4.79 Å². The van der Waals surface area contributed by atoms with Crippen LogP contribution >= 0.6 is 11.8 Å². The first kappa shape index (κ1) is 8.59. The lowest BCUT2D eigenvalue weighted by molar-refractivity contribution is -0.136. The molecule has 0 unspecified atom stereocenters. The van der Waals surface area contributed by atoms with Crippen molar-refractivity contribution < 1.29 is 9.90 Å². The monoisotopic (exact) mass is 173 g/mol. The summed E-state index contributed by atoms with van der Waals surface area (Å²) in [6.45, 7) is 0.877. The molecule has 0 aliphatic carbocycles. The summed E-state index contributed by atoms with van der Waals surface area (Å²) < 4.78 is 0. The van der Waals surface area contributed by atoms with E-state index in [2.05, 4.69) is 4.99 Å². The molecule has 0 spiro atoms. The number of carboxylic acids is 1. The number of hydrogen-bond donors (Lipinski definition) is 1. The van der Waals surface area contributed by atoms with Crippen LogP contribution in [0.4, 0.5) is 0 Å². The van der Waals surface area contributed by atoms with E-state index in [1.165, 1.54) is 0 Å². The van der Waals surface area contributed by atoms with Gasteiger partial charge in [-0.25, -0.2) is 0 Å². The summed E-state index contributed by atoms with van der Waals surface area (Å²) in [5.74, 6) is 0.359. The summed E-state index contributed by atoms with van der Waals surface area (Å²) in [6.07, 6.45) is 1.95. The highest BCUT2D eigenvalue weighted by Gasteiger charge is 2.07. The molecule has 1 aliphatic rings. The van der Waals surface area contributed by atoms with Crippen molar-refractivity contribution in [2.75, 3.05) is 12.3 Å². The fourth-order valence-corrected chi connectivity index (χ4v) is 1.81. The number of aliphatic imine (C=N–C) groups is 1. The minimum Gasteiger partial charge on any atom is -0.481 e. The van der Waals surface area contributed by atoms with Gasteiger partial charge in [-0.2, -0.15) is 0 Å². The van der Waals surface area contributed by atoms with Gasteiger partial charge in [0.15, 0.2) is 0 Å². The zero-order chi connectivity index (χ0) is 8.10. The van der Waals surface area contributed by atoms with Gasteiger partial charge in [0.1, 0.15) is 0 Å². The largest absolute Gasteiger partial charge is 0.481 e. The molecule has 0 aromatic rings. The van der Waals surface area contributed by atoms with Crippen LogP contribution in [0.15, 0.2) is 4.99 Å². The Morgan fingerprint density at radius 1 is 1.73 bits per heavy atom. The molecule has 1 aliphatic heterocycles. The molecular formula is C7H11NO2S. The van der Waals surface area contributed by atoms with Crippen LogP contribution in [-0.4, -0.2) is 28.4 Å². The molecule has 4 heteroatoms. The van der Waals surface area contributed by atoms with E-state index in [-0.39, 0.29) is 6.42 Å². The van der Waals surface area contributed by atoms with Gasteiger partial charge in [0.25, 0.3) is 0 Å². The third-order valence-electron chi connectivity index (χ3n) is 1.41. The van der Waals surface area contributed by atoms with Crippen molar-refractivity contribution in [3.8, 4) is 0 Å². The van der Waals surface area contributed by atoms with Crippen LogP contribution in [0.5, 0.6) is 0 Å². The van der Waals surface area contributed by atoms with Gasteiger partial charge in [-0.15, -0.1) is 11.8 Å². The normalized spacial score (nSPS) is 17.6. The molecule has 0 saturated heterocycles. The maximum atomic E-state index is 10.2. The second-order valence-corrected chi connectivity index (χ2v) is 3.54. The highest BCUT2D eigenvalue weighted by Crippen LogP contribution is 2.15. The first-order valence-corrected chi connectivity index (χ1v) is 4.65. The number of nitrogens with zero attached hydrogens (tertiary/aromatic N) is 1. The predicted octanol–water partition coefficient (Wildman–Crippen LogP) is 1.39. The van der Waals surface area contributed by atoms with Gasteiger partial charge < -0.3 is 5.11 Å². The summed E-state index contributed by atoms with van der Waals surface area (Å²) in [5.41, 5.74) is 0. The summed E-state index contributed by atoms with van der Waals surface area (Å²) in [5, 5.41) is 9.39. The molecule has 3 nitrogen and oxygen atoms in total. The first-order chi connectivity index (χ1) is 5.29. The van der Waals surface area contributed by atoms with Crippen molar-refractivity contribution in [1.29, 1.82) is 0 Å². The third kappa shape index (κ3) is 3.41. The van der Waals surface area contributed by atoms with E-state index in [0.717, 1.165) is 23.8 Å². The maximum Gasteiger partial charge on any atom is 0.303 e. The third-order valence-corrected chi connectivity index (χ3v) is 2.57. The number of carboxylic acid groups (broad SMARTS) is 1. The first-order valence-electron chi connectivity index (χ1n) is 3.67. The number of carbonyl (C=O) groups is 1. The molecule has 0 atom stereocenters. The molecular weight excluding hydrogens is 162 g/mol. The molecule has 11 heavy (non-hydrogen) atoms. The van der Waals surface area contributed by atoms with Crippen LogP contribution in [0.3, 0.4) is 0 Å². The van der Waals surface area contributed by atoms with Crippen molar-refractivity contribution in [3.63, 3.8) is 0 Å².